The van der Waals surface area contributed by atoms with Crippen LogP contribution < -0.4 is 15.4 Å². The number of imidazole rings is 1. The van der Waals surface area contributed by atoms with Gasteiger partial charge in [0.05, 0.1) is 30.7 Å². The number of methoxy groups -OCH3 is 1. The SMILES string of the molecule is COC(=O)Nc1ccc2c(c1)NC(=O)CCC=CCC(N1CCC(c3cc(Cl)ccc3OC(F)F)OC1=O)c1ncc-2[nH]1. The second-order valence-corrected chi connectivity index (χ2v) is 10.2. The van der Waals surface area contributed by atoms with Crippen LogP contribution in [0.25, 0.3) is 11.3 Å². The first-order valence-electron chi connectivity index (χ1n) is 13.4. The van der Waals surface area contributed by atoms with Gasteiger partial charge in [0.1, 0.15) is 17.7 Å². The lowest BCUT2D eigenvalue weighted by Gasteiger charge is -2.36. The highest BCUT2D eigenvalue weighted by molar-refractivity contribution is 6.30. The normalized spacial score (nSPS) is 18.9. The van der Waals surface area contributed by atoms with Crippen molar-refractivity contribution in [2.24, 2.45) is 0 Å². The number of alkyl halides is 2. The first-order valence-corrected chi connectivity index (χ1v) is 13.8. The number of aromatic amines is 1. The molecule has 3 N–H and O–H groups in total. The topological polar surface area (TPSA) is 135 Å². The van der Waals surface area contributed by atoms with Gasteiger partial charge in [-0.1, -0.05) is 23.8 Å². The maximum absolute atomic E-state index is 13.4. The second kappa shape index (κ2) is 13.1. The molecular weight excluding hydrogens is 588 g/mol. The van der Waals surface area contributed by atoms with Gasteiger partial charge in [-0.2, -0.15) is 8.78 Å². The Balaban J connectivity index is 1.42. The van der Waals surface area contributed by atoms with E-state index in [0.29, 0.717) is 46.3 Å². The van der Waals surface area contributed by atoms with Crippen molar-refractivity contribution in [3.8, 4) is 17.0 Å². The van der Waals surface area contributed by atoms with Crippen LogP contribution in [0.15, 0.2) is 54.7 Å². The Bertz CT molecular complexity index is 1550. The average Bonchev–Trinajstić information content (AvgIpc) is 3.45. The summed E-state index contributed by atoms with van der Waals surface area (Å²) in [5.74, 6) is 0.143. The van der Waals surface area contributed by atoms with Crippen LogP contribution in [0, 0.1) is 0 Å². The van der Waals surface area contributed by atoms with E-state index in [4.69, 9.17) is 16.3 Å². The lowest BCUT2D eigenvalue weighted by Crippen LogP contribution is -2.41. The number of allylic oxidation sites excluding steroid dienone is 1. The molecule has 1 saturated heterocycles. The number of nitrogens with zero attached hydrogens (tertiary/aromatic N) is 2. The molecule has 0 radical (unpaired) electrons. The number of hydrogen-bond acceptors (Lipinski definition) is 7. The van der Waals surface area contributed by atoms with E-state index in [9.17, 15) is 23.2 Å². The summed E-state index contributed by atoms with van der Waals surface area (Å²) < 4.78 is 41.0. The second-order valence-electron chi connectivity index (χ2n) is 9.78. The van der Waals surface area contributed by atoms with Crippen molar-refractivity contribution in [3.63, 3.8) is 0 Å². The molecule has 14 heteroatoms. The van der Waals surface area contributed by atoms with E-state index in [2.05, 4.69) is 30.1 Å². The minimum atomic E-state index is -3.05. The summed E-state index contributed by atoms with van der Waals surface area (Å²) in [5.41, 5.74) is 2.30. The van der Waals surface area contributed by atoms with E-state index in [1.165, 1.54) is 30.2 Å². The molecule has 226 valence electrons. The smallest absolute Gasteiger partial charge is 0.411 e. The van der Waals surface area contributed by atoms with Crippen LogP contribution in [-0.4, -0.2) is 53.2 Å². The zero-order valence-electron chi connectivity index (χ0n) is 22.9. The van der Waals surface area contributed by atoms with Crippen LogP contribution in [0.1, 0.15) is 49.2 Å². The fourth-order valence-corrected chi connectivity index (χ4v) is 5.18. The minimum Gasteiger partial charge on any atom is -0.453 e. The quantitative estimate of drug-likeness (QED) is 0.268. The molecule has 0 spiro atoms. The molecule has 3 heterocycles. The van der Waals surface area contributed by atoms with Crippen LogP contribution in [0.5, 0.6) is 5.75 Å². The molecule has 43 heavy (non-hydrogen) atoms. The number of nitrogens with one attached hydrogen (secondary N) is 3. The van der Waals surface area contributed by atoms with Gasteiger partial charge in [0.25, 0.3) is 0 Å². The van der Waals surface area contributed by atoms with Crippen LogP contribution in [0.2, 0.25) is 5.02 Å². The fourth-order valence-electron chi connectivity index (χ4n) is 5.00. The number of anilines is 2. The standard InChI is InChI=1S/C29H28ClF2N5O6/c1-41-28(39)34-17-8-9-18-20(14-17)35-25(38)6-4-2-3-5-22(26-33-15-21(18)36-26)37-12-11-24(43-29(37)40)19-13-16(30)7-10-23(19)42-27(31)32/h2-3,7-10,13-15,22,24,27H,4-6,11-12H2,1H3,(H,33,36)(H,34,39)(H,35,38). The van der Waals surface area contributed by atoms with Crippen molar-refractivity contribution in [1.29, 1.82) is 0 Å². The Hall–Kier alpha value is -4.65. The number of fused-ring (bicyclic) bond motifs is 4. The number of amides is 3. The zero-order valence-corrected chi connectivity index (χ0v) is 23.7. The molecule has 11 nitrogen and oxygen atoms in total. The summed E-state index contributed by atoms with van der Waals surface area (Å²) in [6, 6.07) is 8.63. The molecule has 0 aliphatic carbocycles. The number of cyclic esters (lactones) is 1. The van der Waals surface area contributed by atoms with Gasteiger partial charge in [-0.15, -0.1) is 0 Å². The Kier molecular flexibility index (Phi) is 9.10. The molecule has 3 amide bonds. The molecule has 0 saturated carbocycles. The van der Waals surface area contributed by atoms with E-state index >= 15 is 0 Å². The van der Waals surface area contributed by atoms with Crippen LogP contribution >= 0.6 is 11.6 Å². The highest BCUT2D eigenvalue weighted by atomic mass is 35.5. The van der Waals surface area contributed by atoms with Gasteiger partial charge in [-0.05, 0) is 49.2 Å². The third-order valence-corrected chi connectivity index (χ3v) is 7.25. The van der Waals surface area contributed by atoms with E-state index in [-0.39, 0.29) is 36.6 Å². The maximum atomic E-state index is 13.4. The van der Waals surface area contributed by atoms with Crippen molar-refractivity contribution in [3.05, 3.63) is 71.2 Å². The number of halogens is 3. The van der Waals surface area contributed by atoms with Gasteiger partial charge in [-0.3, -0.25) is 15.0 Å². The van der Waals surface area contributed by atoms with Gasteiger partial charge < -0.3 is 24.5 Å². The number of rotatable bonds is 5. The number of benzene rings is 2. The summed E-state index contributed by atoms with van der Waals surface area (Å²) in [6.07, 6.45) is 4.48. The van der Waals surface area contributed by atoms with Crippen LogP contribution in [0.3, 0.4) is 0 Å². The third-order valence-electron chi connectivity index (χ3n) is 7.01. The molecule has 2 aromatic carbocycles. The van der Waals surface area contributed by atoms with Crippen molar-refractivity contribution in [2.45, 2.75) is 44.4 Å². The highest BCUT2D eigenvalue weighted by Gasteiger charge is 2.36. The number of carbonyl (C=O) groups excluding carboxylic acids is 3. The number of carbonyl (C=O) groups is 3. The summed E-state index contributed by atoms with van der Waals surface area (Å²) in [5, 5.41) is 5.76. The Morgan fingerprint density at radius 1 is 1.21 bits per heavy atom. The molecular formula is C29H28ClF2N5O6. The van der Waals surface area contributed by atoms with Gasteiger partial charge in [0, 0.05) is 41.2 Å². The molecule has 2 atom stereocenters. The molecule has 1 fully saturated rings. The van der Waals surface area contributed by atoms with Crippen molar-refractivity contribution < 1.29 is 37.4 Å². The van der Waals surface area contributed by atoms with Gasteiger partial charge in [0.2, 0.25) is 5.91 Å². The van der Waals surface area contributed by atoms with Crippen LogP contribution in [-0.2, 0) is 14.3 Å². The average molecular weight is 616 g/mol. The van der Waals surface area contributed by atoms with Gasteiger partial charge in [-0.25, -0.2) is 14.6 Å². The van der Waals surface area contributed by atoms with Crippen molar-refractivity contribution in [2.75, 3.05) is 24.3 Å². The summed E-state index contributed by atoms with van der Waals surface area (Å²) in [6.45, 7) is -2.82. The Morgan fingerprint density at radius 2 is 2.05 bits per heavy atom. The summed E-state index contributed by atoms with van der Waals surface area (Å²) in [4.78, 5) is 47.1. The number of hydrogen-bond donors (Lipinski definition) is 3. The van der Waals surface area contributed by atoms with Crippen LogP contribution in [0.4, 0.5) is 29.7 Å². The first-order chi connectivity index (χ1) is 20.7. The highest BCUT2D eigenvalue weighted by Crippen LogP contribution is 2.39. The molecule has 5 rings (SSSR count). The first kappa shape index (κ1) is 29.8. The lowest BCUT2D eigenvalue weighted by atomic mass is 10.0. The number of ether oxygens (including phenoxy) is 3. The minimum absolute atomic E-state index is 0.113. The largest absolute Gasteiger partial charge is 0.453 e. The van der Waals surface area contributed by atoms with Crippen molar-refractivity contribution in [1.82, 2.24) is 14.9 Å². The van der Waals surface area contributed by atoms with E-state index in [1.807, 2.05) is 12.2 Å². The number of aromatic nitrogens is 2. The van der Waals surface area contributed by atoms with E-state index < -0.39 is 30.9 Å². The monoisotopic (exact) mass is 615 g/mol. The van der Waals surface area contributed by atoms with Gasteiger partial charge in [0.15, 0.2) is 0 Å². The van der Waals surface area contributed by atoms with E-state index in [1.54, 1.807) is 24.4 Å². The fraction of sp³-hybridized carbons (Fsp3) is 0.310. The summed E-state index contributed by atoms with van der Waals surface area (Å²) >= 11 is 6.10. The predicted molar refractivity (Wildman–Crippen MR) is 153 cm³/mol. The Morgan fingerprint density at radius 3 is 2.81 bits per heavy atom. The molecule has 2 bridgehead atoms. The molecule has 2 unspecified atom stereocenters. The lowest BCUT2D eigenvalue weighted by molar-refractivity contribution is -0.116. The molecule has 3 aromatic rings. The third kappa shape index (κ3) is 7.05. The molecule has 1 aromatic heterocycles. The van der Waals surface area contributed by atoms with Crippen molar-refractivity contribution >= 4 is 41.1 Å². The molecule has 2 aliphatic heterocycles. The summed E-state index contributed by atoms with van der Waals surface area (Å²) in [7, 11) is 1.25. The number of H-pyrrole nitrogens is 1. The van der Waals surface area contributed by atoms with E-state index in [0.717, 1.165) is 0 Å². The van der Waals surface area contributed by atoms with Gasteiger partial charge >= 0.3 is 18.8 Å². The molecule has 2 aliphatic rings. The maximum Gasteiger partial charge on any atom is 0.411 e. The Labute approximate surface area is 250 Å². The predicted octanol–water partition coefficient (Wildman–Crippen LogP) is 6.81. The zero-order chi connectivity index (χ0) is 30.5.